The van der Waals surface area contributed by atoms with Crippen LogP contribution in [0.25, 0.3) is 0 Å². The van der Waals surface area contributed by atoms with Crippen molar-refractivity contribution in [2.75, 3.05) is 13.2 Å². The van der Waals surface area contributed by atoms with Crippen LogP contribution in [-0.2, 0) is 16.1 Å². The number of para-hydroxylation sites is 1. The molecule has 27 heavy (non-hydrogen) atoms. The molecule has 2 aromatic carbocycles. The highest BCUT2D eigenvalue weighted by atomic mass is 32.1. The van der Waals surface area contributed by atoms with E-state index in [1.165, 1.54) is 4.90 Å². The van der Waals surface area contributed by atoms with Crippen molar-refractivity contribution in [3.63, 3.8) is 0 Å². The summed E-state index contributed by atoms with van der Waals surface area (Å²) in [5, 5.41) is 11.1. The monoisotopic (exact) mass is 386 g/mol. The second-order valence-corrected chi connectivity index (χ2v) is 6.97. The molecule has 1 aliphatic heterocycles. The molecule has 3 rings (SSSR count). The maximum Gasteiger partial charge on any atom is 0.244 e. The molecule has 0 bridgehead atoms. The summed E-state index contributed by atoms with van der Waals surface area (Å²) < 4.78 is 5.76. The number of likely N-dealkylation sites (tertiary alicyclic amines) is 1. The van der Waals surface area contributed by atoms with Crippen molar-refractivity contribution in [1.29, 1.82) is 0 Å². The van der Waals surface area contributed by atoms with Gasteiger partial charge in [-0.1, -0.05) is 30.3 Å². The van der Waals surface area contributed by atoms with Crippen LogP contribution in [0.5, 0.6) is 11.5 Å². The fourth-order valence-electron chi connectivity index (χ4n) is 3.04. The van der Waals surface area contributed by atoms with E-state index in [1.54, 1.807) is 0 Å². The number of ether oxygens (including phenoxy) is 1. The zero-order valence-corrected chi connectivity index (χ0v) is 15.6. The molecule has 0 aliphatic carbocycles. The molecular weight excluding hydrogens is 364 g/mol. The zero-order chi connectivity index (χ0) is 19.2. The average Bonchev–Trinajstić information content (AvgIpc) is 2.95. The summed E-state index contributed by atoms with van der Waals surface area (Å²) in [6.45, 7) is 0.328. The Balaban J connectivity index is 1.67. The molecule has 0 radical (unpaired) electrons. The number of aliphatic hydroxyl groups excluding tert-OH is 1. The third kappa shape index (κ3) is 4.81. The first kappa shape index (κ1) is 19.3. The summed E-state index contributed by atoms with van der Waals surface area (Å²) in [5.74, 6) is 1.04. The summed E-state index contributed by atoms with van der Waals surface area (Å²) in [6.07, 6.45) is 0.218. The number of nitrogens with one attached hydrogen (secondary N) is 1. The molecule has 6 nitrogen and oxygen atoms in total. The van der Waals surface area contributed by atoms with E-state index in [0.717, 1.165) is 11.3 Å². The molecule has 2 aromatic rings. The predicted octanol–water partition coefficient (Wildman–Crippen LogP) is 1.99. The second-order valence-electron chi connectivity index (χ2n) is 6.31. The normalized spacial score (nSPS) is 19.2. The Bertz CT molecular complexity index is 782. The van der Waals surface area contributed by atoms with Crippen LogP contribution in [0.3, 0.4) is 0 Å². The van der Waals surface area contributed by atoms with Crippen molar-refractivity contribution >= 4 is 24.4 Å². The number of amides is 2. The van der Waals surface area contributed by atoms with Crippen molar-refractivity contribution < 1.29 is 19.4 Å². The van der Waals surface area contributed by atoms with Crippen LogP contribution in [0.2, 0.25) is 0 Å². The van der Waals surface area contributed by atoms with Gasteiger partial charge in [-0.05, 0) is 29.8 Å². The Hall–Kier alpha value is -2.51. The molecule has 2 unspecified atom stereocenters. The van der Waals surface area contributed by atoms with Crippen LogP contribution in [0.15, 0.2) is 54.6 Å². The third-order valence-electron chi connectivity index (χ3n) is 4.34. The average molecular weight is 386 g/mol. The van der Waals surface area contributed by atoms with Crippen LogP contribution in [-0.4, -0.2) is 46.3 Å². The first-order valence-corrected chi connectivity index (χ1v) is 9.28. The largest absolute Gasteiger partial charge is 0.457 e. The lowest BCUT2D eigenvalue weighted by Crippen LogP contribution is -2.48. The zero-order valence-electron chi connectivity index (χ0n) is 14.7. The van der Waals surface area contributed by atoms with Gasteiger partial charge in [0, 0.05) is 24.8 Å². The number of rotatable bonds is 7. The molecule has 2 N–H and O–H groups in total. The molecule has 142 valence electrons. The van der Waals surface area contributed by atoms with Gasteiger partial charge in [-0.3, -0.25) is 9.59 Å². The van der Waals surface area contributed by atoms with E-state index in [2.05, 4.69) is 17.9 Å². The Morgan fingerprint density at radius 1 is 1.15 bits per heavy atom. The van der Waals surface area contributed by atoms with Gasteiger partial charge in [0.05, 0.1) is 6.61 Å². The highest BCUT2D eigenvalue weighted by molar-refractivity contribution is 7.81. The molecule has 1 fully saturated rings. The Labute approximate surface area is 163 Å². The summed E-state index contributed by atoms with van der Waals surface area (Å²) in [4.78, 5) is 26.2. The van der Waals surface area contributed by atoms with Crippen molar-refractivity contribution in [2.24, 2.45) is 0 Å². The number of hydrogen-bond acceptors (Lipinski definition) is 5. The van der Waals surface area contributed by atoms with Crippen molar-refractivity contribution in [2.45, 2.75) is 24.3 Å². The van der Waals surface area contributed by atoms with E-state index >= 15 is 0 Å². The van der Waals surface area contributed by atoms with Gasteiger partial charge in [0.1, 0.15) is 17.5 Å². The number of aliphatic hydroxyl groups is 1. The number of carbonyl (C=O) groups excluding carboxylic acids is 2. The number of hydrogen-bond donors (Lipinski definition) is 3. The maximum atomic E-state index is 12.3. The van der Waals surface area contributed by atoms with Crippen molar-refractivity contribution in [1.82, 2.24) is 10.2 Å². The van der Waals surface area contributed by atoms with Gasteiger partial charge in [0.15, 0.2) is 0 Å². The molecule has 1 heterocycles. The van der Waals surface area contributed by atoms with Crippen LogP contribution >= 0.6 is 12.6 Å². The lowest BCUT2D eigenvalue weighted by Gasteiger charge is -2.26. The van der Waals surface area contributed by atoms with Gasteiger partial charge in [0.2, 0.25) is 11.8 Å². The van der Waals surface area contributed by atoms with Gasteiger partial charge in [0.25, 0.3) is 0 Å². The molecule has 0 aromatic heterocycles. The number of nitrogens with zero attached hydrogens (tertiary/aromatic N) is 1. The number of carbonyl (C=O) groups is 2. The Morgan fingerprint density at radius 3 is 2.48 bits per heavy atom. The minimum atomic E-state index is -0.646. The van der Waals surface area contributed by atoms with E-state index in [1.807, 2.05) is 54.6 Å². The summed E-state index contributed by atoms with van der Waals surface area (Å²) in [7, 11) is 0. The van der Waals surface area contributed by atoms with Gasteiger partial charge >= 0.3 is 0 Å². The topological polar surface area (TPSA) is 78.9 Å². The first-order chi connectivity index (χ1) is 13.1. The van der Waals surface area contributed by atoms with Gasteiger partial charge in [-0.25, -0.2) is 0 Å². The molecule has 2 amide bonds. The number of benzene rings is 2. The van der Waals surface area contributed by atoms with Crippen LogP contribution in [0, 0.1) is 0 Å². The molecule has 0 spiro atoms. The van der Waals surface area contributed by atoms with Crippen LogP contribution in [0.4, 0.5) is 0 Å². The highest BCUT2D eigenvalue weighted by Gasteiger charge is 2.42. The summed E-state index contributed by atoms with van der Waals surface area (Å²) in [5.41, 5.74) is 0.895. The van der Waals surface area contributed by atoms with Gasteiger partial charge in [-0.2, -0.15) is 12.6 Å². The van der Waals surface area contributed by atoms with Crippen LogP contribution < -0.4 is 10.1 Å². The quantitative estimate of drug-likeness (QED) is 0.636. The lowest BCUT2D eigenvalue weighted by molar-refractivity contribution is -0.135. The Morgan fingerprint density at radius 2 is 1.81 bits per heavy atom. The number of thiol groups is 1. The van der Waals surface area contributed by atoms with Crippen molar-refractivity contribution in [3.05, 3.63) is 60.2 Å². The van der Waals surface area contributed by atoms with E-state index in [9.17, 15) is 9.59 Å². The molecule has 0 saturated carbocycles. The molecular formula is C20H22N2O4S. The predicted molar refractivity (Wildman–Crippen MR) is 105 cm³/mol. The van der Waals surface area contributed by atoms with Gasteiger partial charge < -0.3 is 20.1 Å². The minimum Gasteiger partial charge on any atom is -0.457 e. The lowest BCUT2D eigenvalue weighted by atomic mass is 10.1. The maximum absolute atomic E-state index is 12.3. The second kappa shape index (κ2) is 8.92. The molecule has 1 aliphatic rings. The minimum absolute atomic E-state index is 0.108. The van der Waals surface area contributed by atoms with Crippen molar-refractivity contribution in [3.8, 4) is 11.5 Å². The molecule has 2 atom stereocenters. The summed E-state index contributed by atoms with van der Waals surface area (Å²) >= 11 is 4.40. The van der Waals surface area contributed by atoms with E-state index in [4.69, 9.17) is 9.84 Å². The Kier molecular flexibility index (Phi) is 6.36. The van der Waals surface area contributed by atoms with E-state index in [-0.39, 0.29) is 36.6 Å². The SMILES string of the molecule is O=C(NCCO)C1C(S)CC(=O)N1Cc1ccc(Oc2ccccc2)cc1. The third-order valence-corrected chi connectivity index (χ3v) is 4.80. The van der Waals surface area contributed by atoms with E-state index in [0.29, 0.717) is 12.3 Å². The highest BCUT2D eigenvalue weighted by Crippen LogP contribution is 2.27. The van der Waals surface area contributed by atoms with Crippen LogP contribution in [0.1, 0.15) is 12.0 Å². The van der Waals surface area contributed by atoms with E-state index < -0.39 is 6.04 Å². The fourth-order valence-corrected chi connectivity index (χ4v) is 3.49. The first-order valence-electron chi connectivity index (χ1n) is 8.76. The standard InChI is InChI=1S/C20H22N2O4S/c23-11-10-21-20(25)19-17(27)12-18(24)22(19)13-14-6-8-16(9-7-14)26-15-4-2-1-3-5-15/h1-9,17,19,23,27H,10-13H2,(H,21,25). The smallest absolute Gasteiger partial charge is 0.244 e. The summed E-state index contributed by atoms with van der Waals surface area (Å²) in [6, 6.07) is 16.2. The fraction of sp³-hybridized carbons (Fsp3) is 0.300. The van der Waals surface area contributed by atoms with Gasteiger partial charge in [-0.15, -0.1) is 0 Å². The molecule has 1 saturated heterocycles. The molecule has 7 heteroatoms.